The van der Waals surface area contributed by atoms with Gasteiger partial charge in [-0.15, -0.1) is 0 Å². The van der Waals surface area contributed by atoms with Gasteiger partial charge in [-0.2, -0.15) is 0 Å². The number of rotatable bonds is 2. The molecule has 0 radical (unpaired) electrons. The van der Waals surface area contributed by atoms with Crippen molar-refractivity contribution in [2.45, 2.75) is 83.6 Å². The lowest BCUT2D eigenvalue weighted by molar-refractivity contribution is 0.00904. The molecule has 0 aromatic rings. The quantitative estimate of drug-likeness (QED) is 0.851. The van der Waals surface area contributed by atoms with E-state index in [4.69, 9.17) is 4.74 Å². The van der Waals surface area contributed by atoms with Crippen LogP contribution in [-0.2, 0) is 4.74 Å². The Hall–Kier alpha value is -0.810. The minimum atomic E-state index is -0.420. The molecule has 1 N–H and O–H groups in total. The van der Waals surface area contributed by atoms with Crippen LogP contribution in [0.15, 0.2) is 0 Å². The predicted octanol–water partition coefficient (Wildman–Crippen LogP) is 2.46. The Bertz CT molecular complexity index is 384. The summed E-state index contributed by atoms with van der Waals surface area (Å²) in [5, 5.41) is 3.80. The lowest BCUT2D eigenvalue weighted by Gasteiger charge is -2.39. The Labute approximate surface area is 135 Å². The first-order chi connectivity index (χ1) is 10.2. The van der Waals surface area contributed by atoms with Crippen LogP contribution in [0.4, 0.5) is 4.79 Å². The molecule has 2 rings (SSSR count). The highest BCUT2D eigenvalue weighted by Crippen LogP contribution is 2.23. The Morgan fingerprint density at radius 3 is 2.27 bits per heavy atom. The Kier molecular flexibility index (Phi) is 5.38. The lowest BCUT2D eigenvalue weighted by atomic mass is 9.97. The molecule has 2 fully saturated rings. The fourth-order valence-electron chi connectivity index (χ4n) is 3.56. The van der Waals surface area contributed by atoms with Gasteiger partial charge in [0.1, 0.15) is 5.60 Å². The van der Waals surface area contributed by atoms with Gasteiger partial charge in [0.15, 0.2) is 0 Å². The van der Waals surface area contributed by atoms with Crippen molar-refractivity contribution in [3.05, 3.63) is 0 Å². The second-order valence-corrected chi connectivity index (χ2v) is 8.13. The van der Waals surface area contributed by atoms with Crippen molar-refractivity contribution in [3.8, 4) is 0 Å². The van der Waals surface area contributed by atoms with Gasteiger partial charge in [0.2, 0.25) is 0 Å². The SMILES string of the molecule is CC1CC(NC2CCN(C(=O)OC(C)(C)C)C(C)C2)CN1C. The van der Waals surface area contributed by atoms with E-state index in [2.05, 4.69) is 31.1 Å². The van der Waals surface area contributed by atoms with E-state index >= 15 is 0 Å². The average Bonchev–Trinajstić information content (AvgIpc) is 2.65. The van der Waals surface area contributed by atoms with Gasteiger partial charge in [-0.05, 0) is 60.9 Å². The van der Waals surface area contributed by atoms with Crippen LogP contribution >= 0.6 is 0 Å². The van der Waals surface area contributed by atoms with E-state index in [9.17, 15) is 4.79 Å². The third kappa shape index (κ3) is 4.59. The van der Waals surface area contributed by atoms with Crippen molar-refractivity contribution in [1.29, 1.82) is 0 Å². The fourth-order valence-corrected chi connectivity index (χ4v) is 3.56. The molecule has 2 aliphatic rings. The lowest BCUT2D eigenvalue weighted by Crippen LogP contribution is -2.52. The zero-order valence-electron chi connectivity index (χ0n) is 15.1. The molecule has 4 atom stereocenters. The molecule has 2 saturated heterocycles. The van der Waals surface area contributed by atoms with Gasteiger partial charge in [0.05, 0.1) is 0 Å². The van der Waals surface area contributed by atoms with Crippen molar-refractivity contribution < 1.29 is 9.53 Å². The number of nitrogens with one attached hydrogen (secondary N) is 1. The molecule has 0 aromatic heterocycles. The summed E-state index contributed by atoms with van der Waals surface area (Å²) in [5.41, 5.74) is -0.420. The standard InChI is InChI=1S/C17H33N3O2/c1-12-9-15(11-19(12)6)18-14-7-8-20(13(2)10-14)16(21)22-17(3,4)5/h12-15,18H,7-11H2,1-6H3. The summed E-state index contributed by atoms with van der Waals surface area (Å²) in [5.74, 6) is 0. The number of nitrogens with zero attached hydrogens (tertiary/aromatic N) is 2. The van der Waals surface area contributed by atoms with Crippen LogP contribution in [0, 0.1) is 0 Å². The molecule has 0 bridgehead atoms. The zero-order valence-corrected chi connectivity index (χ0v) is 15.1. The summed E-state index contributed by atoms with van der Waals surface area (Å²) >= 11 is 0. The number of hydrogen-bond donors (Lipinski definition) is 1. The molecule has 4 unspecified atom stereocenters. The average molecular weight is 311 g/mol. The molecular formula is C17H33N3O2. The zero-order chi connectivity index (χ0) is 16.5. The van der Waals surface area contributed by atoms with Crippen LogP contribution < -0.4 is 5.32 Å². The van der Waals surface area contributed by atoms with E-state index < -0.39 is 5.60 Å². The Morgan fingerprint density at radius 2 is 1.77 bits per heavy atom. The third-order valence-electron chi connectivity index (χ3n) is 4.86. The number of carbonyl (C=O) groups is 1. The number of amides is 1. The van der Waals surface area contributed by atoms with Gasteiger partial charge in [0, 0.05) is 37.3 Å². The smallest absolute Gasteiger partial charge is 0.410 e. The molecule has 0 spiro atoms. The highest BCUT2D eigenvalue weighted by Gasteiger charge is 2.34. The fraction of sp³-hybridized carbons (Fsp3) is 0.941. The topological polar surface area (TPSA) is 44.8 Å². The molecule has 0 aromatic carbocycles. The Morgan fingerprint density at radius 1 is 1.14 bits per heavy atom. The van der Waals surface area contributed by atoms with Crippen LogP contribution in [-0.4, -0.2) is 65.8 Å². The number of hydrogen-bond acceptors (Lipinski definition) is 4. The Balaban J connectivity index is 1.81. The number of likely N-dealkylation sites (tertiary alicyclic amines) is 2. The molecule has 5 heteroatoms. The van der Waals surface area contributed by atoms with Crippen molar-refractivity contribution in [2.75, 3.05) is 20.1 Å². The molecule has 0 saturated carbocycles. The second-order valence-electron chi connectivity index (χ2n) is 8.13. The maximum atomic E-state index is 12.2. The van der Waals surface area contributed by atoms with Gasteiger partial charge in [-0.25, -0.2) is 4.79 Å². The normalized spacial score (nSPS) is 34.0. The maximum absolute atomic E-state index is 12.2. The molecule has 5 nitrogen and oxygen atoms in total. The number of piperidine rings is 1. The highest BCUT2D eigenvalue weighted by molar-refractivity contribution is 5.68. The molecule has 2 aliphatic heterocycles. The van der Waals surface area contributed by atoms with Gasteiger partial charge in [-0.3, -0.25) is 0 Å². The molecule has 0 aliphatic carbocycles. The van der Waals surface area contributed by atoms with E-state index in [0.29, 0.717) is 18.1 Å². The first-order valence-electron chi connectivity index (χ1n) is 8.61. The predicted molar refractivity (Wildman–Crippen MR) is 89.1 cm³/mol. The molecule has 2 heterocycles. The van der Waals surface area contributed by atoms with Gasteiger partial charge in [-0.1, -0.05) is 0 Å². The first-order valence-corrected chi connectivity index (χ1v) is 8.61. The summed E-state index contributed by atoms with van der Waals surface area (Å²) in [6, 6.07) is 2.00. The van der Waals surface area contributed by atoms with E-state index in [0.717, 1.165) is 25.9 Å². The molecule has 22 heavy (non-hydrogen) atoms. The van der Waals surface area contributed by atoms with Crippen molar-refractivity contribution >= 4 is 6.09 Å². The van der Waals surface area contributed by atoms with E-state index in [1.165, 1.54) is 6.42 Å². The number of carbonyl (C=O) groups excluding carboxylic acids is 1. The minimum Gasteiger partial charge on any atom is -0.444 e. The molecule has 1 amide bonds. The molecule has 128 valence electrons. The number of likely N-dealkylation sites (N-methyl/N-ethyl adjacent to an activating group) is 1. The van der Waals surface area contributed by atoms with Crippen LogP contribution in [0.2, 0.25) is 0 Å². The minimum absolute atomic E-state index is 0.173. The van der Waals surface area contributed by atoms with Gasteiger partial charge >= 0.3 is 6.09 Å². The van der Waals surface area contributed by atoms with E-state index in [1.807, 2.05) is 25.7 Å². The summed E-state index contributed by atoms with van der Waals surface area (Å²) in [4.78, 5) is 16.5. The van der Waals surface area contributed by atoms with Crippen LogP contribution in [0.3, 0.4) is 0 Å². The summed E-state index contributed by atoms with van der Waals surface area (Å²) in [6.07, 6.45) is 3.07. The maximum Gasteiger partial charge on any atom is 0.410 e. The third-order valence-corrected chi connectivity index (χ3v) is 4.86. The van der Waals surface area contributed by atoms with E-state index in [1.54, 1.807) is 0 Å². The van der Waals surface area contributed by atoms with Crippen LogP contribution in [0.1, 0.15) is 53.9 Å². The van der Waals surface area contributed by atoms with E-state index in [-0.39, 0.29) is 12.1 Å². The van der Waals surface area contributed by atoms with Crippen LogP contribution in [0.25, 0.3) is 0 Å². The molecular weight excluding hydrogens is 278 g/mol. The monoisotopic (exact) mass is 311 g/mol. The van der Waals surface area contributed by atoms with Crippen LogP contribution in [0.5, 0.6) is 0 Å². The summed E-state index contributed by atoms with van der Waals surface area (Å²) < 4.78 is 5.50. The second kappa shape index (κ2) is 6.75. The number of ether oxygens (including phenoxy) is 1. The van der Waals surface area contributed by atoms with Crippen molar-refractivity contribution in [1.82, 2.24) is 15.1 Å². The van der Waals surface area contributed by atoms with Crippen molar-refractivity contribution in [3.63, 3.8) is 0 Å². The van der Waals surface area contributed by atoms with Gasteiger partial charge < -0.3 is 19.9 Å². The largest absolute Gasteiger partial charge is 0.444 e. The first kappa shape index (κ1) is 17.5. The van der Waals surface area contributed by atoms with Crippen molar-refractivity contribution in [2.24, 2.45) is 0 Å². The van der Waals surface area contributed by atoms with Gasteiger partial charge in [0.25, 0.3) is 0 Å². The summed E-state index contributed by atoms with van der Waals surface area (Å²) in [6.45, 7) is 12.1. The highest BCUT2D eigenvalue weighted by atomic mass is 16.6. The summed E-state index contributed by atoms with van der Waals surface area (Å²) in [7, 11) is 2.19.